The van der Waals surface area contributed by atoms with Gasteiger partial charge >= 0.3 is 0 Å². The molecule has 0 unspecified atom stereocenters. The van der Waals surface area contributed by atoms with Crippen LogP contribution in [0.4, 0.5) is 0 Å². The molecule has 0 atom stereocenters. The van der Waals surface area contributed by atoms with E-state index in [0.717, 1.165) is 11.5 Å². The van der Waals surface area contributed by atoms with Gasteiger partial charge in [0.1, 0.15) is 7.85 Å². The van der Waals surface area contributed by atoms with Gasteiger partial charge in [-0.1, -0.05) is 11.5 Å². The van der Waals surface area contributed by atoms with Crippen LogP contribution in [-0.2, 0) is 0 Å². The smallest absolute Gasteiger partial charge is 0.161 e. The minimum atomic E-state index is 0.670. The fourth-order valence-electron chi connectivity index (χ4n) is 1.16. The van der Waals surface area contributed by atoms with Crippen LogP contribution in [0.25, 0.3) is 0 Å². The number of rotatable bonds is 4. The van der Waals surface area contributed by atoms with Crippen molar-refractivity contribution in [1.29, 1.82) is 0 Å². The van der Waals surface area contributed by atoms with E-state index in [2.05, 4.69) is 0 Å². The first kappa shape index (κ1) is 9.97. The molecule has 3 heteroatoms. The van der Waals surface area contributed by atoms with E-state index in [1.54, 1.807) is 0 Å². The summed E-state index contributed by atoms with van der Waals surface area (Å²) in [5, 5.41) is 0. The van der Waals surface area contributed by atoms with E-state index in [-0.39, 0.29) is 0 Å². The van der Waals surface area contributed by atoms with Crippen molar-refractivity contribution in [3.05, 3.63) is 18.2 Å². The van der Waals surface area contributed by atoms with Crippen molar-refractivity contribution >= 4 is 13.3 Å². The summed E-state index contributed by atoms with van der Waals surface area (Å²) in [5.41, 5.74) is 1.19. The monoisotopic (exact) mass is 178 g/mol. The standard InChI is InChI=1S/C10H15BO2/c1-3-12-9-6-5-8(11)7-10(9)13-4-2/h5-7H,3-4,11H2,1-2H3. The lowest BCUT2D eigenvalue weighted by molar-refractivity contribution is 0.288. The minimum absolute atomic E-state index is 0.670. The molecule has 13 heavy (non-hydrogen) atoms. The Labute approximate surface area is 80.3 Å². The quantitative estimate of drug-likeness (QED) is 0.633. The highest BCUT2D eigenvalue weighted by atomic mass is 16.5. The van der Waals surface area contributed by atoms with Gasteiger partial charge in [0.15, 0.2) is 11.5 Å². The molecule has 0 aliphatic carbocycles. The van der Waals surface area contributed by atoms with Gasteiger partial charge in [-0.15, -0.1) is 0 Å². The van der Waals surface area contributed by atoms with Gasteiger partial charge in [0.2, 0.25) is 0 Å². The first-order chi connectivity index (χ1) is 6.27. The van der Waals surface area contributed by atoms with Crippen molar-refractivity contribution in [3.63, 3.8) is 0 Å². The van der Waals surface area contributed by atoms with E-state index in [1.165, 1.54) is 5.46 Å². The highest BCUT2D eigenvalue weighted by molar-refractivity contribution is 6.32. The van der Waals surface area contributed by atoms with Crippen LogP contribution in [0.1, 0.15) is 13.8 Å². The van der Waals surface area contributed by atoms with Gasteiger partial charge in [-0.05, 0) is 26.0 Å². The third kappa shape index (κ3) is 2.69. The Balaban J connectivity index is 2.89. The van der Waals surface area contributed by atoms with Crippen LogP contribution in [0.3, 0.4) is 0 Å². The molecule has 0 saturated heterocycles. The van der Waals surface area contributed by atoms with Gasteiger partial charge in [0.25, 0.3) is 0 Å². The van der Waals surface area contributed by atoms with Gasteiger partial charge in [-0.3, -0.25) is 0 Å². The van der Waals surface area contributed by atoms with E-state index in [4.69, 9.17) is 9.47 Å². The third-order valence-electron chi connectivity index (χ3n) is 1.70. The predicted octanol–water partition coefficient (Wildman–Crippen LogP) is 0.742. The summed E-state index contributed by atoms with van der Waals surface area (Å²) in [5.74, 6) is 1.67. The van der Waals surface area contributed by atoms with E-state index in [1.807, 2.05) is 39.9 Å². The molecule has 0 amide bonds. The zero-order valence-electron chi connectivity index (χ0n) is 8.46. The lowest BCUT2D eigenvalue weighted by atomic mass is 9.96. The molecule has 2 nitrogen and oxygen atoms in total. The van der Waals surface area contributed by atoms with Crippen LogP contribution in [0.5, 0.6) is 11.5 Å². The third-order valence-corrected chi connectivity index (χ3v) is 1.70. The average Bonchev–Trinajstić information content (AvgIpc) is 2.10. The van der Waals surface area contributed by atoms with Gasteiger partial charge in [-0.2, -0.15) is 0 Å². The molecular formula is C10H15BO2. The molecule has 1 aromatic rings. The fraction of sp³-hybridized carbons (Fsp3) is 0.400. The molecule has 0 aliphatic heterocycles. The highest BCUT2D eigenvalue weighted by Crippen LogP contribution is 2.24. The molecule has 70 valence electrons. The normalized spacial score (nSPS) is 9.69. The van der Waals surface area contributed by atoms with Crippen molar-refractivity contribution < 1.29 is 9.47 Å². The van der Waals surface area contributed by atoms with Crippen molar-refractivity contribution in [2.45, 2.75) is 13.8 Å². The Morgan fingerprint density at radius 2 is 1.69 bits per heavy atom. The zero-order valence-corrected chi connectivity index (χ0v) is 8.46. The second-order valence-corrected chi connectivity index (χ2v) is 2.82. The molecule has 0 saturated carbocycles. The Morgan fingerprint density at radius 3 is 2.31 bits per heavy atom. The highest BCUT2D eigenvalue weighted by Gasteiger charge is 2.03. The predicted molar refractivity (Wildman–Crippen MR) is 57.0 cm³/mol. The molecule has 0 aliphatic rings. The SMILES string of the molecule is Bc1ccc(OCC)c(OCC)c1. The van der Waals surface area contributed by atoms with Gasteiger partial charge in [-0.25, -0.2) is 0 Å². The Bertz CT molecular complexity index is 274. The van der Waals surface area contributed by atoms with Crippen LogP contribution in [0.15, 0.2) is 18.2 Å². The van der Waals surface area contributed by atoms with Crippen molar-refractivity contribution in [2.24, 2.45) is 0 Å². The lowest BCUT2D eigenvalue weighted by Gasteiger charge is -2.10. The second kappa shape index (κ2) is 4.80. The van der Waals surface area contributed by atoms with Crippen LogP contribution < -0.4 is 14.9 Å². The Kier molecular flexibility index (Phi) is 3.68. The molecule has 0 bridgehead atoms. The van der Waals surface area contributed by atoms with Crippen LogP contribution in [-0.4, -0.2) is 21.1 Å². The average molecular weight is 178 g/mol. The largest absolute Gasteiger partial charge is 0.490 e. The van der Waals surface area contributed by atoms with Crippen LogP contribution in [0, 0.1) is 0 Å². The van der Waals surface area contributed by atoms with Crippen molar-refractivity contribution in [2.75, 3.05) is 13.2 Å². The maximum atomic E-state index is 5.45. The number of ether oxygens (including phenoxy) is 2. The molecule has 0 fully saturated rings. The fourth-order valence-corrected chi connectivity index (χ4v) is 1.16. The first-order valence-electron chi connectivity index (χ1n) is 4.64. The molecule has 0 spiro atoms. The summed E-state index contributed by atoms with van der Waals surface area (Å²) in [4.78, 5) is 0. The molecule has 1 aromatic carbocycles. The zero-order chi connectivity index (χ0) is 9.68. The van der Waals surface area contributed by atoms with E-state index >= 15 is 0 Å². The summed E-state index contributed by atoms with van der Waals surface area (Å²) in [7, 11) is 2.04. The van der Waals surface area contributed by atoms with E-state index in [9.17, 15) is 0 Å². The van der Waals surface area contributed by atoms with Crippen LogP contribution in [0.2, 0.25) is 0 Å². The topological polar surface area (TPSA) is 18.5 Å². The number of hydrogen-bond acceptors (Lipinski definition) is 2. The van der Waals surface area contributed by atoms with E-state index in [0.29, 0.717) is 13.2 Å². The summed E-state index contributed by atoms with van der Waals surface area (Å²) < 4.78 is 10.9. The van der Waals surface area contributed by atoms with Gasteiger partial charge in [0, 0.05) is 0 Å². The lowest BCUT2D eigenvalue weighted by Crippen LogP contribution is -2.05. The van der Waals surface area contributed by atoms with Gasteiger partial charge < -0.3 is 9.47 Å². The number of benzene rings is 1. The Morgan fingerprint density at radius 1 is 1.08 bits per heavy atom. The molecule has 1 rings (SSSR count). The summed E-state index contributed by atoms with van der Waals surface area (Å²) in [6, 6.07) is 5.96. The summed E-state index contributed by atoms with van der Waals surface area (Å²) in [6.07, 6.45) is 0. The van der Waals surface area contributed by atoms with Crippen molar-refractivity contribution in [3.8, 4) is 11.5 Å². The molecular weight excluding hydrogens is 163 g/mol. The molecule has 0 N–H and O–H groups in total. The minimum Gasteiger partial charge on any atom is -0.490 e. The maximum absolute atomic E-state index is 5.45. The maximum Gasteiger partial charge on any atom is 0.161 e. The summed E-state index contributed by atoms with van der Waals surface area (Å²) >= 11 is 0. The molecule has 0 heterocycles. The second-order valence-electron chi connectivity index (χ2n) is 2.82. The van der Waals surface area contributed by atoms with Crippen LogP contribution >= 0.6 is 0 Å². The van der Waals surface area contributed by atoms with Gasteiger partial charge in [0.05, 0.1) is 13.2 Å². The first-order valence-corrected chi connectivity index (χ1v) is 4.64. The Hall–Kier alpha value is -1.12. The molecule has 0 radical (unpaired) electrons. The number of hydrogen-bond donors (Lipinski definition) is 0. The summed E-state index contributed by atoms with van der Waals surface area (Å²) in [6.45, 7) is 5.28. The molecule has 0 aromatic heterocycles. The van der Waals surface area contributed by atoms with Crippen molar-refractivity contribution in [1.82, 2.24) is 0 Å². The van der Waals surface area contributed by atoms with E-state index < -0.39 is 0 Å².